The first kappa shape index (κ1) is 28.4. The number of phenolic OH excluding ortho intramolecular Hbond substituents is 1. The molecule has 3 rings (SSSR count). The molecule has 0 aliphatic rings. The van der Waals surface area contributed by atoms with Crippen molar-refractivity contribution in [1.29, 1.82) is 0 Å². The number of hydrogen-bond acceptors (Lipinski definition) is 5. The van der Waals surface area contributed by atoms with Crippen molar-refractivity contribution < 1.29 is 10.0 Å². The van der Waals surface area contributed by atoms with Crippen molar-refractivity contribution in [2.24, 2.45) is 4.99 Å². The fraction of sp³-hybridized carbons (Fsp3) is 0.533. The van der Waals surface area contributed by atoms with Crippen LogP contribution in [-0.4, -0.2) is 25.8 Å². The Morgan fingerprint density at radius 3 is 2.11 bits per heavy atom. The number of benzene rings is 2. The molecule has 1 aromatic heterocycles. The maximum atomic E-state index is 11.1. The number of phenols is 1. The third-order valence-electron chi connectivity index (χ3n) is 6.91. The Hall–Kier alpha value is -3.22. The molecule has 0 unspecified atom stereocenters. The van der Waals surface area contributed by atoms with Gasteiger partial charge in [-0.3, -0.25) is 10.1 Å². The molecule has 0 aliphatic heterocycles. The Kier molecular flexibility index (Phi) is 12.1. The van der Waals surface area contributed by atoms with Crippen LogP contribution in [0.1, 0.15) is 102 Å². The Bertz CT molecular complexity index is 1140. The maximum Gasteiger partial charge on any atom is 0.270 e. The average Bonchev–Trinajstić information content (AvgIpc) is 3.25. The van der Waals surface area contributed by atoms with Crippen molar-refractivity contribution in [2.75, 3.05) is 0 Å². The minimum Gasteiger partial charge on any atom is -0.507 e. The van der Waals surface area contributed by atoms with Crippen LogP contribution in [0.25, 0.3) is 11.0 Å². The van der Waals surface area contributed by atoms with E-state index in [0.29, 0.717) is 11.5 Å². The molecular weight excluding hydrogens is 464 g/mol. The lowest BCUT2D eigenvalue weighted by Gasteiger charge is -2.07. The standard InChI is InChI=1S/C30H42N4O3/c1-2-3-4-5-6-7-8-9-10-11-12-13-14-17-22-33-28-19-16-15-18-27(28)32-30(33)31-24-25-23-26(34(36)37)20-21-29(25)35/h15-16,18-21,23-24,35H,2-14,17,22H2,1H3. The highest BCUT2D eigenvalue weighted by Gasteiger charge is 2.11. The molecule has 1 N–H and O–H groups in total. The molecule has 0 saturated heterocycles. The minimum atomic E-state index is -0.484. The lowest BCUT2D eigenvalue weighted by Crippen LogP contribution is -1.98. The van der Waals surface area contributed by atoms with Crippen molar-refractivity contribution >= 4 is 28.9 Å². The zero-order chi connectivity index (χ0) is 26.3. The van der Waals surface area contributed by atoms with E-state index in [9.17, 15) is 15.2 Å². The summed E-state index contributed by atoms with van der Waals surface area (Å²) < 4.78 is 2.10. The van der Waals surface area contributed by atoms with Crippen LogP contribution in [-0.2, 0) is 6.54 Å². The van der Waals surface area contributed by atoms with Gasteiger partial charge in [0, 0.05) is 30.5 Å². The van der Waals surface area contributed by atoms with E-state index in [4.69, 9.17) is 0 Å². The summed E-state index contributed by atoms with van der Waals surface area (Å²) in [7, 11) is 0. The Balaban J connectivity index is 1.45. The number of aryl methyl sites for hydroxylation is 1. The van der Waals surface area contributed by atoms with Gasteiger partial charge in [-0.2, -0.15) is 0 Å². The summed E-state index contributed by atoms with van der Waals surface area (Å²) in [6, 6.07) is 11.8. The highest BCUT2D eigenvalue weighted by Crippen LogP contribution is 2.25. The van der Waals surface area contributed by atoms with Crippen LogP contribution in [0.4, 0.5) is 11.6 Å². The number of nitrogens with zero attached hydrogens (tertiary/aromatic N) is 4. The number of nitro benzene ring substituents is 1. The van der Waals surface area contributed by atoms with Gasteiger partial charge in [-0.1, -0.05) is 103 Å². The molecule has 200 valence electrons. The molecule has 0 amide bonds. The molecule has 1 heterocycles. The Labute approximate surface area is 220 Å². The van der Waals surface area contributed by atoms with E-state index in [1.165, 1.54) is 108 Å². The normalized spacial score (nSPS) is 11.6. The zero-order valence-electron chi connectivity index (χ0n) is 22.3. The number of non-ortho nitro benzene ring substituents is 1. The van der Waals surface area contributed by atoms with Crippen LogP contribution in [0.15, 0.2) is 47.5 Å². The van der Waals surface area contributed by atoms with Crippen molar-refractivity contribution in [2.45, 2.75) is 103 Å². The molecule has 0 atom stereocenters. The Morgan fingerprint density at radius 1 is 0.892 bits per heavy atom. The van der Waals surface area contributed by atoms with Gasteiger partial charge in [0.15, 0.2) is 0 Å². The number of rotatable bonds is 18. The second kappa shape index (κ2) is 15.8. The van der Waals surface area contributed by atoms with E-state index < -0.39 is 4.92 Å². The second-order valence-corrected chi connectivity index (χ2v) is 9.91. The number of unbranched alkanes of at least 4 members (excludes halogenated alkanes) is 13. The molecule has 3 aromatic rings. The summed E-state index contributed by atoms with van der Waals surface area (Å²) in [6.07, 6.45) is 19.9. The summed E-state index contributed by atoms with van der Waals surface area (Å²) in [6.45, 7) is 3.08. The van der Waals surface area contributed by atoms with Gasteiger partial charge < -0.3 is 9.67 Å². The maximum absolute atomic E-state index is 11.1. The molecule has 2 aromatic carbocycles. The number of aliphatic imine (C=N–C) groups is 1. The number of hydrogen-bond donors (Lipinski definition) is 1. The van der Waals surface area contributed by atoms with E-state index in [1.807, 2.05) is 24.3 Å². The van der Waals surface area contributed by atoms with E-state index in [-0.39, 0.29) is 11.4 Å². The van der Waals surface area contributed by atoms with E-state index in [0.717, 1.165) is 24.0 Å². The quantitative estimate of drug-likeness (QED) is 0.0806. The molecule has 37 heavy (non-hydrogen) atoms. The van der Waals surface area contributed by atoms with Gasteiger partial charge in [-0.15, -0.1) is 0 Å². The SMILES string of the molecule is CCCCCCCCCCCCCCCCn1c(N=Cc2cc([N+](=O)[O-])ccc2O)nc2ccccc21. The third kappa shape index (κ3) is 9.30. The average molecular weight is 507 g/mol. The molecular formula is C30H42N4O3. The van der Waals surface area contributed by atoms with Gasteiger partial charge in [-0.05, 0) is 24.6 Å². The van der Waals surface area contributed by atoms with Gasteiger partial charge in [-0.25, -0.2) is 9.98 Å². The number of imidazole rings is 1. The molecule has 7 nitrogen and oxygen atoms in total. The summed E-state index contributed by atoms with van der Waals surface area (Å²) in [5.74, 6) is 0.491. The van der Waals surface area contributed by atoms with Crippen molar-refractivity contribution in [3.8, 4) is 5.75 Å². The molecule has 0 bridgehead atoms. The van der Waals surface area contributed by atoms with E-state index in [1.54, 1.807) is 0 Å². The van der Waals surface area contributed by atoms with E-state index in [2.05, 4.69) is 21.5 Å². The molecule has 0 radical (unpaired) electrons. The Morgan fingerprint density at radius 2 is 1.49 bits per heavy atom. The minimum absolute atomic E-state index is 0.0519. The molecule has 0 fully saturated rings. The first-order chi connectivity index (χ1) is 18.1. The van der Waals surface area contributed by atoms with Gasteiger partial charge in [0.2, 0.25) is 5.95 Å². The van der Waals surface area contributed by atoms with Gasteiger partial charge >= 0.3 is 0 Å². The first-order valence-corrected chi connectivity index (χ1v) is 14.1. The van der Waals surface area contributed by atoms with Crippen LogP contribution >= 0.6 is 0 Å². The van der Waals surface area contributed by atoms with Crippen LogP contribution < -0.4 is 0 Å². The van der Waals surface area contributed by atoms with Gasteiger partial charge in [0.1, 0.15) is 5.75 Å². The fourth-order valence-electron chi connectivity index (χ4n) is 4.73. The second-order valence-electron chi connectivity index (χ2n) is 9.91. The molecule has 0 aliphatic carbocycles. The highest BCUT2D eigenvalue weighted by molar-refractivity contribution is 5.87. The zero-order valence-corrected chi connectivity index (χ0v) is 22.3. The topological polar surface area (TPSA) is 93.5 Å². The molecule has 0 saturated carbocycles. The summed E-state index contributed by atoms with van der Waals surface area (Å²) in [5.41, 5.74) is 2.09. The van der Waals surface area contributed by atoms with Crippen LogP contribution in [0.3, 0.4) is 0 Å². The molecule has 7 heteroatoms. The summed E-state index contributed by atoms with van der Waals surface area (Å²) in [5, 5.41) is 21.2. The third-order valence-corrected chi connectivity index (χ3v) is 6.91. The number of fused-ring (bicyclic) bond motifs is 1. The summed E-state index contributed by atoms with van der Waals surface area (Å²) in [4.78, 5) is 19.8. The highest BCUT2D eigenvalue weighted by atomic mass is 16.6. The van der Waals surface area contributed by atoms with Gasteiger partial charge in [0.05, 0.1) is 16.0 Å². The van der Waals surface area contributed by atoms with Crippen molar-refractivity contribution in [3.05, 3.63) is 58.1 Å². The van der Waals surface area contributed by atoms with Crippen LogP contribution in [0.2, 0.25) is 0 Å². The van der Waals surface area contributed by atoms with Crippen LogP contribution in [0, 0.1) is 10.1 Å². The summed E-state index contributed by atoms with van der Waals surface area (Å²) >= 11 is 0. The lowest BCUT2D eigenvalue weighted by molar-refractivity contribution is -0.384. The number of nitro groups is 1. The molecule has 0 spiro atoms. The fourth-order valence-corrected chi connectivity index (χ4v) is 4.73. The number of para-hydroxylation sites is 2. The predicted molar refractivity (Wildman–Crippen MR) is 152 cm³/mol. The first-order valence-electron chi connectivity index (χ1n) is 14.1. The smallest absolute Gasteiger partial charge is 0.270 e. The predicted octanol–water partition coefficient (Wildman–Crippen LogP) is 8.88. The van der Waals surface area contributed by atoms with Crippen molar-refractivity contribution in [3.63, 3.8) is 0 Å². The number of aromatic hydroxyl groups is 1. The largest absolute Gasteiger partial charge is 0.507 e. The van der Waals surface area contributed by atoms with E-state index >= 15 is 0 Å². The van der Waals surface area contributed by atoms with Crippen molar-refractivity contribution in [1.82, 2.24) is 9.55 Å². The van der Waals surface area contributed by atoms with Gasteiger partial charge in [0.25, 0.3) is 5.69 Å². The van der Waals surface area contributed by atoms with Crippen LogP contribution in [0.5, 0.6) is 5.75 Å². The number of aromatic nitrogens is 2. The monoisotopic (exact) mass is 506 g/mol. The lowest BCUT2D eigenvalue weighted by atomic mass is 10.0.